The molecule has 2 aromatic rings. The monoisotopic (exact) mass is 288 g/mol. The summed E-state index contributed by atoms with van der Waals surface area (Å²) in [6.07, 6.45) is 0.953. The molecule has 0 bridgehead atoms. The van der Waals surface area contributed by atoms with Crippen LogP contribution in [0.5, 0.6) is 5.75 Å². The van der Waals surface area contributed by atoms with Gasteiger partial charge in [0.15, 0.2) is 0 Å². The molecule has 104 valence electrons. The van der Waals surface area contributed by atoms with Crippen molar-refractivity contribution in [2.24, 2.45) is 5.84 Å². The largest absolute Gasteiger partial charge is 0.493 e. The summed E-state index contributed by atoms with van der Waals surface area (Å²) in [5.74, 6) is 6.72. The second-order valence-corrected chi connectivity index (χ2v) is 5.48. The number of halogens is 1. The summed E-state index contributed by atoms with van der Waals surface area (Å²) in [6, 6.07) is 12.2. The van der Waals surface area contributed by atoms with Crippen molar-refractivity contribution >= 4 is 11.6 Å². The van der Waals surface area contributed by atoms with Crippen LogP contribution in [0.4, 0.5) is 0 Å². The predicted octanol–water partition coefficient (Wildman–Crippen LogP) is 3.14. The highest BCUT2D eigenvalue weighted by atomic mass is 35.5. The number of nitrogens with two attached hydrogens (primary N) is 1. The fraction of sp³-hybridized carbons (Fsp3) is 0.250. The summed E-state index contributed by atoms with van der Waals surface area (Å²) in [5, 5.41) is 0.757. The normalized spacial score (nSPS) is 14.8. The summed E-state index contributed by atoms with van der Waals surface area (Å²) in [7, 11) is 0. The van der Waals surface area contributed by atoms with Gasteiger partial charge in [-0.1, -0.05) is 35.9 Å². The first kappa shape index (κ1) is 13.4. The molecule has 0 radical (unpaired) electrons. The van der Waals surface area contributed by atoms with Gasteiger partial charge in [-0.3, -0.25) is 5.84 Å². The Hall–Kier alpha value is -1.55. The van der Waals surface area contributed by atoms with Crippen LogP contribution in [0.3, 0.4) is 0 Å². The number of rotatable bonds is 3. The van der Waals surface area contributed by atoms with Gasteiger partial charge >= 0.3 is 0 Å². The highest BCUT2D eigenvalue weighted by molar-refractivity contribution is 6.31. The molecular formula is C16H17ClN2O. The maximum absolute atomic E-state index is 6.21. The van der Waals surface area contributed by atoms with E-state index >= 15 is 0 Å². The molecule has 0 fully saturated rings. The van der Waals surface area contributed by atoms with Gasteiger partial charge in [0.2, 0.25) is 0 Å². The van der Waals surface area contributed by atoms with E-state index in [0.717, 1.165) is 40.5 Å². The van der Waals surface area contributed by atoms with Gasteiger partial charge in [-0.2, -0.15) is 0 Å². The standard InChI is InChI=1S/C16H17ClN2O/c1-10-2-3-13(9-14(10)17)16(19-18)12-4-5-15-11(8-12)6-7-20-15/h2-5,8-9,16,19H,6-7,18H2,1H3. The molecule has 0 aliphatic carbocycles. The second-order valence-electron chi connectivity index (χ2n) is 5.07. The summed E-state index contributed by atoms with van der Waals surface area (Å²) in [6.45, 7) is 2.75. The number of fused-ring (bicyclic) bond motifs is 1. The van der Waals surface area contributed by atoms with E-state index in [1.54, 1.807) is 0 Å². The van der Waals surface area contributed by atoms with Gasteiger partial charge in [-0.15, -0.1) is 0 Å². The molecule has 3 nitrogen and oxygen atoms in total. The van der Waals surface area contributed by atoms with Gasteiger partial charge in [0.1, 0.15) is 5.75 Å². The number of hydrazine groups is 1. The summed E-state index contributed by atoms with van der Waals surface area (Å²) >= 11 is 6.21. The minimum Gasteiger partial charge on any atom is -0.493 e. The molecule has 1 atom stereocenters. The zero-order valence-electron chi connectivity index (χ0n) is 11.3. The topological polar surface area (TPSA) is 47.3 Å². The molecule has 2 aromatic carbocycles. The highest BCUT2D eigenvalue weighted by Gasteiger charge is 2.18. The van der Waals surface area contributed by atoms with Gasteiger partial charge in [-0.05, 0) is 41.3 Å². The molecule has 0 saturated heterocycles. The Morgan fingerprint density at radius 1 is 1.20 bits per heavy atom. The average Bonchev–Trinajstić information content (AvgIpc) is 2.91. The van der Waals surface area contributed by atoms with E-state index in [4.69, 9.17) is 22.2 Å². The Labute approximate surface area is 123 Å². The molecule has 1 heterocycles. The zero-order valence-corrected chi connectivity index (χ0v) is 12.1. The van der Waals surface area contributed by atoms with Crippen molar-refractivity contribution in [3.05, 3.63) is 63.7 Å². The molecule has 0 saturated carbocycles. The molecule has 4 heteroatoms. The number of benzene rings is 2. The van der Waals surface area contributed by atoms with Crippen LogP contribution in [-0.4, -0.2) is 6.61 Å². The number of ether oxygens (including phenoxy) is 1. The van der Waals surface area contributed by atoms with Crippen LogP contribution in [-0.2, 0) is 6.42 Å². The minimum absolute atomic E-state index is 0.0704. The molecule has 1 aliphatic heterocycles. The van der Waals surface area contributed by atoms with Gasteiger partial charge < -0.3 is 4.74 Å². The third-order valence-electron chi connectivity index (χ3n) is 3.74. The maximum atomic E-state index is 6.21. The third-order valence-corrected chi connectivity index (χ3v) is 4.15. The van der Waals surface area contributed by atoms with Crippen LogP contribution >= 0.6 is 11.6 Å². The Balaban J connectivity index is 1.98. The van der Waals surface area contributed by atoms with Crippen molar-refractivity contribution in [1.29, 1.82) is 0 Å². The van der Waals surface area contributed by atoms with Crippen molar-refractivity contribution in [3.8, 4) is 5.75 Å². The molecule has 1 aliphatic rings. The van der Waals surface area contributed by atoms with Crippen LogP contribution in [0.25, 0.3) is 0 Å². The van der Waals surface area contributed by atoms with Crippen molar-refractivity contribution < 1.29 is 4.74 Å². The van der Waals surface area contributed by atoms with Gasteiger partial charge in [-0.25, -0.2) is 5.43 Å². The predicted molar refractivity (Wildman–Crippen MR) is 81.0 cm³/mol. The molecule has 0 amide bonds. The van der Waals surface area contributed by atoms with E-state index < -0.39 is 0 Å². The van der Waals surface area contributed by atoms with E-state index in [0.29, 0.717) is 0 Å². The molecule has 0 aromatic heterocycles. The maximum Gasteiger partial charge on any atom is 0.122 e. The fourth-order valence-corrected chi connectivity index (χ4v) is 2.75. The van der Waals surface area contributed by atoms with Crippen molar-refractivity contribution in [1.82, 2.24) is 5.43 Å². The van der Waals surface area contributed by atoms with Crippen LogP contribution < -0.4 is 16.0 Å². The van der Waals surface area contributed by atoms with Crippen LogP contribution in [0.15, 0.2) is 36.4 Å². The van der Waals surface area contributed by atoms with Gasteiger partial charge in [0.25, 0.3) is 0 Å². The van der Waals surface area contributed by atoms with E-state index in [9.17, 15) is 0 Å². The Kier molecular flexibility index (Phi) is 3.66. The lowest BCUT2D eigenvalue weighted by Gasteiger charge is -2.18. The first-order valence-electron chi connectivity index (χ1n) is 6.67. The van der Waals surface area contributed by atoms with E-state index in [2.05, 4.69) is 17.6 Å². The van der Waals surface area contributed by atoms with Crippen molar-refractivity contribution in [2.45, 2.75) is 19.4 Å². The SMILES string of the molecule is Cc1ccc(C(NN)c2ccc3c(c2)CCO3)cc1Cl. The number of hydrogen-bond acceptors (Lipinski definition) is 3. The molecule has 3 N–H and O–H groups in total. The average molecular weight is 289 g/mol. The number of aryl methyl sites for hydroxylation is 1. The summed E-state index contributed by atoms with van der Waals surface area (Å²) < 4.78 is 5.53. The number of nitrogens with one attached hydrogen (secondary N) is 1. The van der Waals surface area contributed by atoms with Crippen LogP contribution in [0.2, 0.25) is 5.02 Å². The quantitative estimate of drug-likeness (QED) is 0.674. The van der Waals surface area contributed by atoms with E-state index in [-0.39, 0.29) is 6.04 Å². The lowest BCUT2D eigenvalue weighted by atomic mass is 9.96. The minimum atomic E-state index is -0.0704. The Morgan fingerprint density at radius 3 is 2.70 bits per heavy atom. The van der Waals surface area contributed by atoms with Crippen molar-refractivity contribution in [3.63, 3.8) is 0 Å². The smallest absolute Gasteiger partial charge is 0.122 e. The summed E-state index contributed by atoms with van der Waals surface area (Å²) in [4.78, 5) is 0. The second kappa shape index (κ2) is 5.44. The lowest BCUT2D eigenvalue weighted by molar-refractivity contribution is 0.357. The first-order chi connectivity index (χ1) is 9.69. The fourth-order valence-electron chi connectivity index (χ4n) is 2.56. The molecule has 0 spiro atoms. The zero-order chi connectivity index (χ0) is 14.1. The Bertz CT molecular complexity index is 642. The first-order valence-corrected chi connectivity index (χ1v) is 7.04. The van der Waals surface area contributed by atoms with Crippen LogP contribution in [0, 0.1) is 6.92 Å². The molecule has 3 rings (SSSR count). The highest BCUT2D eigenvalue weighted by Crippen LogP contribution is 2.31. The third kappa shape index (κ3) is 2.40. The molecule has 20 heavy (non-hydrogen) atoms. The lowest BCUT2D eigenvalue weighted by Crippen LogP contribution is -2.28. The Morgan fingerprint density at radius 2 is 1.95 bits per heavy atom. The van der Waals surface area contributed by atoms with Crippen LogP contribution in [0.1, 0.15) is 28.3 Å². The van der Waals surface area contributed by atoms with Gasteiger partial charge in [0.05, 0.1) is 12.6 Å². The van der Waals surface area contributed by atoms with Gasteiger partial charge in [0, 0.05) is 11.4 Å². The van der Waals surface area contributed by atoms with Crippen molar-refractivity contribution in [2.75, 3.05) is 6.61 Å². The van der Waals surface area contributed by atoms with E-state index in [1.807, 2.05) is 31.2 Å². The molecular weight excluding hydrogens is 272 g/mol. The molecule has 1 unspecified atom stereocenters. The number of hydrogen-bond donors (Lipinski definition) is 2. The van der Waals surface area contributed by atoms with E-state index in [1.165, 1.54) is 5.56 Å². The summed E-state index contributed by atoms with van der Waals surface area (Å²) in [5.41, 5.74) is 7.35.